The third-order valence-corrected chi connectivity index (χ3v) is 7.13. The molecule has 0 amide bonds. The number of hydrogen-bond acceptors (Lipinski definition) is 4. The lowest BCUT2D eigenvalue weighted by molar-refractivity contribution is 0.907. The van der Waals surface area contributed by atoms with Gasteiger partial charge in [0.15, 0.2) is 5.82 Å². The molecule has 1 aliphatic rings. The Labute approximate surface area is 233 Å². The van der Waals surface area contributed by atoms with Gasteiger partial charge in [0.05, 0.1) is 11.0 Å². The third kappa shape index (κ3) is 4.28. The Morgan fingerprint density at radius 3 is 2.27 bits per heavy atom. The van der Waals surface area contributed by atoms with Crippen LogP contribution in [0.3, 0.4) is 0 Å². The average Bonchev–Trinajstić information content (AvgIpc) is 3.11. The molecular weight excluding hydrogens is 490 g/mol. The van der Waals surface area contributed by atoms with Crippen LogP contribution in [0.4, 0.5) is 11.4 Å². The summed E-state index contributed by atoms with van der Waals surface area (Å²) in [5.74, 6) is 1.97. The van der Waals surface area contributed by atoms with Crippen LogP contribution in [-0.4, -0.2) is 19.5 Å². The quantitative estimate of drug-likeness (QED) is 0.230. The molecule has 0 saturated heterocycles. The Hall–Kier alpha value is -5.29. The minimum absolute atomic E-state index is 0.616. The zero-order valence-electron chi connectivity index (χ0n) is 22.1. The fourth-order valence-electron chi connectivity index (χ4n) is 5.36. The van der Waals surface area contributed by atoms with Crippen LogP contribution in [-0.2, 0) is 0 Å². The fourth-order valence-corrected chi connectivity index (χ4v) is 5.36. The van der Waals surface area contributed by atoms with Gasteiger partial charge in [-0.05, 0) is 55.8 Å². The van der Waals surface area contributed by atoms with Crippen LogP contribution >= 0.6 is 0 Å². The molecule has 1 aliphatic carbocycles. The van der Waals surface area contributed by atoms with E-state index in [0.717, 1.165) is 50.9 Å². The molecule has 0 unspecified atom stereocenters. The Balaban J connectivity index is 1.44. The van der Waals surface area contributed by atoms with Crippen molar-refractivity contribution in [3.63, 3.8) is 0 Å². The molecule has 0 aliphatic heterocycles. The normalized spacial score (nSPS) is 13.0. The summed E-state index contributed by atoms with van der Waals surface area (Å²) in [6.07, 6.45) is 11.7. The van der Waals surface area contributed by atoms with Crippen LogP contribution in [0.1, 0.15) is 12.2 Å². The third-order valence-electron chi connectivity index (χ3n) is 7.13. The molecule has 40 heavy (non-hydrogen) atoms. The summed E-state index contributed by atoms with van der Waals surface area (Å²) in [4.78, 5) is 16.7. The van der Waals surface area contributed by atoms with Crippen LogP contribution in [0.5, 0.6) is 0 Å². The fraction of sp³-hybridized carbons (Fsp3) is 0.0571. The number of anilines is 2. The highest BCUT2D eigenvalue weighted by Gasteiger charge is 2.19. The topological polar surface area (TPSA) is 46.8 Å². The van der Waals surface area contributed by atoms with E-state index >= 15 is 0 Å². The molecule has 2 heterocycles. The van der Waals surface area contributed by atoms with Crippen molar-refractivity contribution in [3.8, 4) is 17.3 Å². The van der Waals surface area contributed by atoms with E-state index in [4.69, 9.17) is 9.97 Å². The molecule has 0 fully saturated rings. The highest BCUT2D eigenvalue weighted by Crippen LogP contribution is 2.37. The molecule has 0 spiro atoms. The second-order valence-electron chi connectivity index (χ2n) is 9.75. The van der Waals surface area contributed by atoms with E-state index in [2.05, 4.69) is 118 Å². The predicted octanol–water partition coefficient (Wildman–Crippen LogP) is 8.48. The Morgan fingerprint density at radius 2 is 1.43 bits per heavy atom. The van der Waals surface area contributed by atoms with Gasteiger partial charge >= 0.3 is 0 Å². The second-order valence-corrected chi connectivity index (χ2v) is 9.75. The second kappa shape index (κ2) is 10.1. The van der Waals surface area contributed by atoms with Crippen molar-refractivity contribution in [2.45, 2.75) is 13.3 Å². The van der Waals surface area contributed by atoms with Gasteiger partial charge in [-0.3, -0.25) is 4.57 Å². The minimum Gasteiger partial charge on any atom is -0.311 e. The number of aryl methyl sites for hydroxylation is 1. The van der Waals surface area contributed by atoms with Crippen molar-refractivity contribution in [1.29, 1.82) is 0 Å². The maximum atomic E-state index is 4.94. The van der Waals surface area contributed by atoms with Crippen LogP contribution in [0.15, 0.2) is 139 Å². The highest BCUT2D eigenvalue weighted by atomic mass is 15.2. The lowest BCUT2D eigenvalue weighted by Crippen LogP contribution is -2.15. The molecule has 0 radical (unpaired) electrons. The summed E-state index contributed by atoms with van der Waals surface area (Å²) >= 11 is 0. The zero-order valence-corrected chi connectivity index (χ0v) is 22.1. The van der Waals surface area contributed by atoms with E-state index in [9.17, 15) is 0 Å². The van der Waals surface area contributed by atoms with E-state index in [0.29, 0.717) is 17.6 Å². The van der Waals surface area contributed by atoms with Crippen LogP contribution in [0.25, 0.3) is 39.1 Å². The van der Waals surface area contributed by atoms with Crippen LogP contribution < -0.4 is 4.90 Å². The van der Waals surface area contributed by atoms with Crippen molar-refractivity contribution in [3.05, 3.63) is 145 Å². The number of benzene rings is 4. The summed E-state index contributed by atoms with van der Waals surface area (Å²) < 4.78 is 2.15. The van der Waals surface area contributed by atoms with Crippen molar-refractivity contribution >= 4 is 33.2 Å². The molecule has 0 N–H and O–H groups in total. The van der Waals surface area contributed by atoms with Gasteiger partial charge in [0, 0.05) is 33.4 Å². The number of fused-ring (bicyclic) bond motifs is 3. The molecule has 6 aromatic rings. The van der Waals surface area contributed by atoms with Crippen LogP contribution in [0.2, 0.25) is 0 Å². The van der Waals surface area contributed by atoms with Gasteiger partial charge in [-0.1, -0.05) is 91.0 Å². The maximum Gasteiger partial charge on any atom is 0.238 e. The monoisotopic (exact) mass is 517 g/mol. The van der Waals surface area contributed by atoms with Gasteiger partial charge in [-0.25, -0.2) is 4.98 Å². The Morgan fingerprint density at radius 1 is 0.675 bits per heavy atom. The summed E-state index contributed by atoms with van der Waals surface area (Å²) in [6, 6.07) is 35.7. The van der Waals surface area contributed by atoms with Crippen molar-refractivity contribution in [2.24, 2.45) is 0 Å². The Kier molecular flexibility index (Phi) is 6.02. The summed E-state index contributed by atoms with van der Waals surface area (Å²) in [5, 5.41) is 2.29. The van der Waals surface area contributed by atoms with Gasteiger partial charge in [0.25, 0.3) is 0 Å². The summed E-state index contributed by atoms with van der Waals surface area (Å²) in [5.41, 5.74) is 6.42. The van der Waals surface area contributed by atoms with Gasteiger partial charge in [-0.2, -0.15) is 9.97 Å². The molecule has 0 atom stereocenters. The van der Waals surface area contributed by atoms with E-state index in [-0.39, 0.29) is 0 Å². The molecule has 192 valence electrons. The van der Waals surface area contributed by atoms with Crippen molar-refractivity contribution in [1.82, 2.24) is 19.5 Å². The molecule has 4 aromatic carbocycles. The van der Waals surface area contributed by atoms with E-state index in [1.807, 2.05) is 37.3 Å². The molecule has 5 heteroatoms. The molecular formula is C35H27N5. The van der Waals surface area contributed by atoms with Crippen molar-refractivity contribution in [2.75, 3.05) is 4.90 Å². The SMILES string of the molecule is Cc1nc(-c2ccccc2)nc(-n2c3ccccc3c3cc(N(C4=CCC=CC=C4)c4ccccc4)ccc32)n1. The number of nitrogens with zero attached hydrogens (tertiary/aromatic N) is 5. The average molecular weight is 518 g/mol. The van der Waals surface area contributed by atoms with Gasteiger partial charge in [-0.15, -0.1) is 0 Å². The largest absolute Gasteiger partial charge is 0.311 e. The number of rotatable bonds is 5. The van der Waals surface area contributed by atoms with E-state index in [1.165, 1.54) is 0 Å². The van der Waals surface area contributed by atoms with E-state index in [1.54, 1.807) is 0 Å². The first-order valence-corrected chi connectivity index (χ1v) is 13.5. The van der Waals surface area contributed by atoms with E-state index < -0.39 is 0 Å². The zero-order chi connectivity index (χ0) is 26.9. The first-order valence-electron chi connectivity index (χ1n) is 13.5. The minimum atomic E-state index is 0.616. The summed E-state index contributed by atoms with van der Waals surface area (Å²) in [6.45, 7) is 1.92. The standard InChI is InChI=1S/C35H27N5/c1-25-36-34(26-14-6-4-7-15-26)38-35(37-25)40-32-21-13-12-20-30(32)31-24-29(22-23-33(31)40)39(28-18-10-5-11-19-28)27-16-8-2-3-9-17-27/h2-8,10-24H,9H2,1H3. The predicted molar refractivity (Wildman–Crippen MR) is 164 cm³/mol. The smallest absolute Gasteiger partial charge is 0.238 e. The van der Waals surface area contributed by atoms with Crippen molar-refractivity contribution < 1.29 is 0 Å². The van der Waals surface area contributed by atoms with Gasteiger partial charge in [0.2, 0.25) is 5.95 Å². The molecule has 0 bridgehead atoms. The lowest BCUT2D eigenvalue weighted by Gasteiger charge is -2.26. The summed E-state index contributed by atoms with van der Waals surface area (Å²) in [7, 11) is 0. The Bertz CT molecular complexity index is 1930. The highest BCUT2D eigenvalue weighted by molar-refractivity contribution is 6.10. The number of hydrogen-bond donors (Lipinski definition) is 0. The molecule has 7 rings (SSSR count). The molecule has 5 nitrogen and oxygen atoms in total. The first-order chi connectivity index (χ1) is 19.8. The molecule has 0 saturated carbocycles. The maximum absolute atomic E-state index is 4.94. The molecule has 2 aromatic heterocycles. The van der Waals surface area contributed by atoms with Gasteiger partial charge < -0.3 is 4.90 Å². The first kappa shape index (κ1) is 23.8. The number of para-hydroxylation sites is 2. The van der Waals surface area contributed by atoms with Gasteiger partial charge in [0.1, 0.15) is 5.82 Å². The number of allylic oxidation sites excluding steroid dienone is 5. The number of aromatic nitrogens is 4. The lowest BCUT2D eigenvalue weighted by atomic mass is 10.1. The van der Waals surface area contributed by atoms with Crippen LogP contribution in [0, 0.1) is 6.92 Å².